The average molecular weight is 393 g/mol. The molecule has 1 fully saturated rings. The Morgan fingerprint density at radius 1 is 1.07 bits per heavy atom. The molecule has 4 rings (SSSR count). The number of phenolic OH excluding ortho intramolecular Hbond substituents is 1. The standard InChI is InChI=1S/C21H15NO3S2/c1-25-18-7-2-12(9-19-20(24)22-21(26)27-19)8-17(18)15-4-3-14-11-16(23)6-5-13(14)10-15/h2-11,23H,1H3,(H,22,24,26). The molecule has 0 spiro atoms. The fourth-order valence-corrected chi connectivity index (χ4v) is 4.06. The monoisotopic (exact) mass is 393 g/mol. The van der Waals surface area contributed by atoms with Crippen molar-refractivity contribution in [1.82, 2.24) is 5.32 Å². The van der Waals surface area contributed by atoms with Gasteiger partial charge in [-0.05, 0) is 58.3 Å². The number of carbonyl (C=O) groups is 1. The van der Waals surface area contributed by atoms with Gasteiger partial charge >= 0.3 is 0 Å². The van der Waals surface area contributed by atoms with Gasteiger partial charge in [-0.2, -0.15) is 0 Å². The number of amides is 1. The molecule has 0 unspecified atom stereocenters. The molecule has 0 aliphatic carbocycles. The van der Waals surface area contributed by atoms with Crippen LogP contribution in [0.25, 0.3) is 28.0 Å². The Kier molecular flexibility index (Phi) is 4.59. The summed E-state index contributed by atoms with van der Waals surface area (Å²) in [6.45, 7) is 0. The van der Waals surface area contributed by atoms with Crippen molar-refractivity contribution >= 4 is 51.1 Å². The highest BCUT2D eigenvalue weighted by atomic mass is 32.2. The normalized spacial score (nSPS) is 15.4. The molecule has 0 radical (unpaired) electrons. The van der Waals surface area contributed by atoms with E-state index in [4.69, 9.17) is 17.0 Å². The minimum Gasteiger partial charge on any atom is -0.508 e. The number of thioether (sulfide) groups is 1. The van der Waals surface area contributed by atoms with Gasteiger partial charge in [0.15, 0.2) is 0 Å². The smallest absolute Gasteiger partial charge is 0.263 e. The van der Waals surface area contributed by atoms with Crippen molar-refractivity contribution in [3.8, 4) is 22.6 Å². The van der Waals surface area contributed by atoms with Crippen molar-refractivity contribution in [2.75, 3.05) is 7.11 Å². The average Bonchev–Trinajstić information content (AvgIpc) is 2.98. The first-order valence-electron chi connectivity index (χ1n) is 8.19. The lowest BCUT2D eigenvalue weighted by atomic mass is 9.98. The number of methoxy groups -OCH3 is 1. The van der Waals surface area contributed by atoms with E-state index < -0.39 is 0 Å². The maximum Gasteiger partial charge on any atom is 0.263 e. The summed E-state index contributed by atoms with van der Waals surface area (Å²) in [6, 6.07) is 17.1. The molecule has 1 aliphatic heterocycles. The molecule has 27 heavy (non-hydrogen) atoms. The van der Waals surface area contributed by atoms with Gasteiger partial charge in [0.25, 0.3) is 5.91 Å². The van der Waals surface area contributed by atoms with E-state index in [0.29, 0.717) is 9.23 Å². The second-order valence-electron chi connectivity index (χ2n) is 6.06. The Morgan fingerprint density at radius 3 is 2.59 bits per heavy atom. The van der Waals surface area contributed by atoms with Gasteiger partial charge in [-0.1, -0.05) is 48.2 Å². The molecule has 3 aromatic rings. The minimum atomic E-state index is -0.173. The van der Waals surface area contributed by atoms with Crippen LogP contribution in [0.2, 0.25) is 0 Å². The highest BCUT2D eigenvalue weighted by Gasteiger charge is 2.22. The molecule has 1 aliphatic rings. The number of hydrogen-bond donors (Lipinski definition) is 2. The Balaban J connectivity index is 1.80. The van der Waals surface area contributed by atoms with E-state index in [0.717, 1.165) is 33.2 Å². The second kappa shape index (κ2) is 7.06. The van der Waals surface area contributed by atoms with Crippen molar-refractivity contribution in [3.05, 3.63) is 65.1 Å². The van der Waals surface area contributed by atoms with Gasteiger partial charge in [-0.15, -0.1) is 0 Å². The molecule has 0 bridgehead atoms. The van der Waals surface area contributed by atoms with Gasteiger partial charge in [-0.25, -0.2) is 0 Å². The lowest BCUT2D eigenvalue weighted by Crippen LogP contribution is -2.17. The SMILES string of the molecule is COc1ccc(C=C2SC(=S)NC2=O)cc1-c1ccc2cc(O)ccc2c1. The van der Waals surface area contributed by atoms with Gasteiger partial charge in [-0.3, -0.25) is 4.79 Å². The van der Waals surface area contributed by atoms with E-state index in [1.54, 1.807) is 19.2 Å². The third kappa shape index (κ3) is 3.54. The molecule has 1 saturated heterocycles. The van der Waals surface area contributed by atoms with E-state index in [-0.39, 0.29) is 11.7 Å². The number of aromatic hydroxyl groups is 1. The maximum atomic E-state index is 11.9. The van der Waals surface area contributed by atoms with E-state index in [1.165, 1.54) is 11.8 Å². The van der Waals surface area contributed by atoms with Crippen molar-refractivity contribution in [2.24, 2.45) is 0 Å². The van der Waals surface area contributed by atoms with Crippen LogP contribution in [-0.4, -0.2) is 22.4 Å². The third-order valence-corrected chi connectivity index (χ3v) is 5.46. The lowest BCUT2D eigenvalue weighted by Gasteiger charge is -2.11. The number of rotatable bonds is 3. The number of thiocarbonyl (C=S) groups is 1. The number of hydrogen-bond acceptors (Lipinski definition) is 5. The van der Waals surface area contributed by atoms with Crippen LogP contribution in [0.15, 0.2) is 59.5 Å². The molecule has 0 atom stereocenters. The zero-order valence-electron chi connectivity index (χ0n) is 14.4. The molecule has 134 valence electrons. The summed E-state index contributed by atoms with van der Waals surface area (Å²) in [5.74, 6) is 0.814. The molecule has 3 aromatic carbocycles. The molecule has 6 heteroatoms. The van der Waals surface area contributed by atoms with Crippen LogP contribution in [0.3, 0.4) is 0 Å². The topological polar surface area (TPSA) is 58.6 Å². The first kappa shape index (κ1) is 17.6. The Bertz CT molecular complexity index is 1120. The van der Waals surface area contributed by atoms with E-state index in [2.05, 4.69) is 11.4 Å². The van der Waals surface area contributed by atoms with Crippen molar-refractivity contribution in [1.29, 1.82) is 0 Å². The molecular weight excluding hydrogens is 378 g/mol. The maximum absolute atomic E-state index is 11.9. The molecule has 1 heterocycles. The molecule has 0 saturated carbocycles. The van der Waals surface area contributed by atoms with Gasteiger partial charge in [0.1, 0.15) is 15.8 Å². The van der Waals surface area contributed by atoms with Crippen LogP contribution in [0.4, 0.5) is 0 Å². The number of fused-ring (bicyclic) bond motifs is 1. The van der Waals surface area contributed by atoms with Crippen molar-refractivity contribution < 1.29 is 14.6 Å². The number of nitrogens with one attached hydrogen (secondary N) is 1. The predicted octanol–water partition coefficient (Wildman–Crippen LogP) is 4.71. The van der Waals surface area contributed by atoms with Crippen molar-refractivity contribution in [2.45, 2.75) is 0 Å². The van der Waals surface area contributed by atoms with Crippen LogP contribution in [-0.2, 0) is 4.79 Å². The first-order chi connectivity index (χ1) is 13.0. The molecule has 4 nitrogen and oxygen atoms in total. The second-order valence-corrected chi connectivity index (χ2v) is 7.78. The van der Waals surface area contributed by atoms with Crippen LogP contribution >= 0.6 is 24.0 Å². The van der Waals surface area contributed by atoms with Gasteiger partial charge < -0.3 is 15.2 Å². The zero-order valence-corrected chi connectivity index (χ0v) is 16.0. The molecule has 2 N–H and O–H groups in total. The summed E-state index contributed by atoms with van der Waals surface area (Å²) in [7, 11) is 1.63. The van der Waals surface area contributed by atoms with Crippen LogP contribution < -0.4 is 10.1 Å². The quantitative estimate of drug-likeness (QED) is 0.499. The Labute approximate surface area is 165 Å². The minimum absolute atomic E-state index is 0.173. The molecule has 0 aromatic heterocycles. The third-order valence-electron chi connectivity index (χ3n) is 4.30. The van der Waals surface area contributed by atoms with E-state index >= 15 is 0 Å². The van der Waals surface area contributed by atoms with Crippen LogP contribution in [0, 0.1) is 0 Å². The summed E-state index contributed by atoms with van der Waals surface area (Å²) in [4.78, 5) is 12.5. The summed E-state index contributed by atoms with van der Waals surface area (Å²) in [5, 5.41) is 14.2. The number of phenols is 1. The Morgan fingerprint density at radius 2 is 1.85 bits per heavy atom. The van der Waals surface area contributed by atoms with Gasteiger partial charge in [0.05, 0.1) is 12.0 Å². The molecular formula is C21H15NO3S2. The number of ether oxygens (including phenoxy) is 1. The van der Waals surface area contributed by atoms with E-state index in [1.807, 2.05) is 42.5 Å². The number of carbonyl (C=O) groups excluding carboxylic acids is 1. The summed E-state index contributed by atoms with van der Waals surface area (Å²) >= 11 is 6.30. The fourth-order valence-electron chi connectivity index (χ4n) is 3.01. The van der Waals surface area contributed by atoms with Crippen LogP contribution in [0.5, 0.6) is 11.5 Å². The lowest BCUT2D eigenvalue weighted by molar-refractivity contribution is -0.115. The molecule has 1 amide bonds. The predicted molar refractivity (Wildman–Crippen MR) is 114 cm³/mol. The summed E-state index contributed by atoms with van der Waals surface area (Å²) in [6.07, 6.45) is 1.82. The highest BCUT2D eigenvalue weighted by molar-refractivity contribution is 8.26. The largest absolute Gasteiger partial charge is 0.508 e. The zero-order chi connectivity index (χ0) is 19.0. The van der Waals surface area contributed by atoms with Crippen molar-refractivity contribution in [3.63, 3.8) is 0 Å². The van der Waals surface area contributed by atoms with Gasteiger partial charge in [0, 0.05) is 5.56 Å². The van der Waals surface area contributed by atoms with Gasteiger partial charge in [0.2, 0.25) is 0 Å². The first-order valence-corrected chi connectivity index (χ1v) is 9.42. The summed E-state index contributed by atoms with van der Waals surface area (Å²) < 4.78 is 6.00. The highest BCUT2D eigenvalue weighted by Crippen LogP contribution is 2.35. The van der Waals surface area contributed by atoms with E-state index in [9.17, 15) is 9.90 Å². The Hall–Kier alpha value is -2.83. The summed E-state index contributed by atoms with van der Waals surface area (Å²) in [5.41, 5.74) is 2.80. The van der Waals surface area contributed by atoms with Crippen LogP contribution in [0.1, 0.15) is 5.56 Å². The fraction of sp³-hybridized carbons (Fsp3) is 0.0476. The number of benzene rings is 3.